The number of anilines is 1. The molecule has 0 bridgehead atoms. The van der Waals surface area contributed by atoms with Crippen LogP contribution in [0.2, 0.25) is 0 Å². The summed E-state index contributed by atoms with van der Waals surface area (Å²) in [5.41, 5.74) is 6.49. The minimum absolute atomic E-state index is 0.506. The quantitative estimate of drug-likeness (QED) is 0.789. The number of nitrogens with two attached hydrogens (primary N) is 1. The summed E-state index contributed by atoms with van der Waals surface area (Å²) in [4.78, 5) is 11.0. The van der Waals surface area contributed by atoms with E-state index in [1.165, 1.54) is 6.42 Å². The number of nitrogens with zero attached hydrogens (tertiary/aromatic N) is 3. The fraction of sp³-hybridized carbons (Fsp3) is 0.636. The van der Waals surface area contributed by atoms with Crippen LogP contribution in [0.4, 0.5) is 5.95 Å². The lowest BCUT2D eigenvalue weighted by Gasteiger charge is -2.21. The van der Waals surface area contributed by atoms with E-state index in [2.05, 4.69) is 28.7 Å². The molecule has 4 heteroatoms. The minimum atomic E-state index is 0.506. The smallest absolute Gasteiger partial charge is 0.225 e. The highest BCUT2D eigenvalue weighted by Gasteiger charge is 2.27. The van der Waals surface area contributed by atoms with Crippen LogP contribution in [-0.4, -0.2) is 22.6 Å². The summed E-state index contributed by atoms with van der Waals surface area (Å²) in [5, 5.41) is 0. The van der Waals surface area contributed by atoms with Gasteiger partial charge in [0.15, 0.2) is 0 Å². The lowest BCUT2D eigenvalue weighted by Crippen LogP contribution is -2.28. The average molecular weight is 206 g/mol. The fourth-order valence-electron chi connectivity index (χ4n) is 2.18. The van der Waals surface area contributed by atoms with Crippen LogP contribution in [0.1, 0.15) is 25.8 Å². The number of rotatable bonds is 2. The molecule has 0 spiro atoms. The zero-order chi connectivity index (χ0) is 10.8. The topological polar surface area (TPSA) is 55.0 Å². The van der Waals surface area contributed by atoms with Crippen molar-refractivity contribution in [1.82, 2.24) is 9.97 Å². The lowest BCUT2D eigenvalue weighted by atomic mass is 10.1. The summed E-state index contributed by atoms with van der Waals surface area (Å²) in [6.45, 7) is 6.06. The third-order valence-corrected chi connectivity index (χ3v) is 2.97. The molecule has 2 N–H and O–H groups in total. The van der Waals surface area contributed by atoms with Crippen LogP contribution in [0, 0.1) is 5.92 Å². The maximum absolute atomic E-state index is 5.51. The van der Waals surface area contributed by atoms with E-state index in [4.69, 9.17) is 5.73 Å². The largest absolute Gasteiger partial charge is 0.338 e. The lowest BCUT2D eigenvalue weighted by molar-refractivity contribution is 0.624. The van der Waals surface area contributed by atoms with Crippen molar-refractivity contribution in [3.05, 3.63) is 18.0 Å². The van der Waals surface area contributed by atoms with E-state index in [0.29, 0.717) is 12.6 Å². The SMILES string of the molecule is CC1CC(C)N(c2ncc(CN)cn2)C1. The van der Waals surface area contributed by atoms with Crippen LogP contribution < -0.4 is 10.6 Å². The third kappa shape index (κ3) is 2.09. The maximum Gasteiger partial charge on any atom is 0.225 e. The van der Waals surface area contributed by atoms with Crippen LogP contribution in [-0.2, 0) is 6.54 Å². The van der Waals surface area contributed by atoms with Crippen molar-refractivity contribution in [1.29, 1.82) is 0 Å². The third-order valence-electron chi connectivity index (χ3n) is 2.97. The average Bonchev–Trinajstić information content (AvgIpc) is 2.58. The molecule has 15 heavy (non-hydrogen) atoms. The Morgan fingerprint density at radius 1 is 1.40 bits per heavy atom. The van der Waals surface area contributed by atoms with E-state index < -0.39 is 0 Å². The number of aromatic nitrogens is 2. The summed E-state index contributed by atoms with van der Waals surface area (Å²) in [6, 6.07) is 0.545. The van der Waals surface area contributed by atoms with Crippen molar-refractivity contribution in [3.8, 4) is 0 Å². The first-order valence-corrected chi connectivity index (χ1v) is 5.48. The Labute approximate surface area is 90.5 Å². The Kier molecular flexibility index (Phi) is 2.86. The summed E-state index contributed by atoms with van der Waals surface area (Å²) in [6.07, 6.45) is 4.86. The summed E-state index contributed by atoms with van der Waals surface area (Å²) in [5.74, 6) is 1.57. The van der Waals surface area contributed by atoms with Crippen LogP contribution >= 0.6 is 0 Å². The molecule has 1 aliphatic heterocycles. The van der Waals surface area contributed by atoms with Crippen molar-refractivity contribution in [2.45, 2.75) is 32.9 Å². The van der Waals surface area contributed by atoms with Crippen LogP contribution in [0.5, 0.6) is 0 Å². The van der Waals surface area contributed by atoms with Gasteiger partial charge in [0.1, 0.15) is 0 Å². The van der Waals surface area contributed by atoms with E-state index in [-0.39, 0.29) is 0 Å². The maximum atomic E-state index is 5.51. The van der Waals surface area contributed by atoms with Gasteiger partial charge in [0, 0.05) is 37.1 Å². The van der Waals surface area contributed by atoms with Gasteiger partial charge in [-0.05, 0) is 19.3 Å². The molecule has 4 nitrogen and oxygen atoms in total. The summed E-state index contributed by atoms with van der Waals surface area (Å²) < 4.78 is 0. The number of hydrogen-bond donors (Lipinski definition) is 1. The molecule has 1 saturated heterocycles. The zero-order valence-electron chi connectivity index (χ0n) is 9.35. The Bertz CT molecular complexity index is 322. The van der Waals surface area contributed by atoms with E-state index in [1.54, 1.807) is 0 Å². The van der Waals surface area contributed by atoms with E-state index >= 15 is 0 Å². The first-order valence-electron chi connectivity index (χ1n) is 5.48. The molecule has 1 aliphatic rings. The number of hydrogen-bond acceptors (Lipinski definition) is 4. The molecule has 2 rings (SSSR count). The molecule has 2 heterocycles. The van der Waals surface area contributed by atoms with E-state index in [9.17, 15) is 0 Å². The van der Waals surface area contributed by atoms with Gasteiger partial charge < -0.3 is 10.6 Å². The van der Waals surface area contributed by atoms with Crippen LogP contribution in [0.3, 0.4) is 0 Å². The predicted molar refractivity (Wildman–Crippen MR) is 60.5 cm³/mol. The molecule has 0 amide bonds. The zero-order valence-corrected chi connectivity index (χ0v) is 9.35. The van der Waals surface area contributed by atoms with Gasteiger partial charge in [-0.2, -0.15) is 0 Å². The van der Waals surface area contributed by atoms with E-state index in [0.717, 1.165) is 24.0 Å². The van der Waals surface area contributed by atoms with Gasteiger partial charge in [-0.1, -0.05) is 6.92 Å². The van der Waals surface area contributed by atoms with Gasteiger partial charge in [-0.25, -0.2) is 9.97 Å². The second-order valence-electron chi connectivity index (χ2n) is 4.44. The van der Waals surface area contributed by atoms with Crippen molar-refractivity contribution < 1.29 is 0 Å². The van der Waals surface area contributed by atoms with Gasteiger partial charge >= 0.3 is 0 Å². The minimum Gasteiger partial charge on any atom is -0.338 e. The molecule has 0 radical (unpaired) electrons. The van der Waals surface area contributed by atoms with Crippen molar-refractivity contribution in [2.24, 2.45) is 11.7 Å². The predicted octanol–water partition coefficient (Wildman–Crippen LogP) is 1.17. The van der Waals surface area contributed by atoms with Crippen LogP contribution in [0.15, 0.2) is 12.4 Å². The standard InChI is InChI=1S/C11H18N4/c1-8-3-9(2)15(7-8)11-13-5-10(4-12)6-14-11/h5-6,8-9H,3-4,7,12H2,1-2H3. The van der Waals surface area contributed by atoms with Gasteiger partial charge in [0.2, 0.25) is 5.95 Å². The van der Waals surface area contributed by atoms with Gasteiger partial charge in [0.05, 0.1) is 0 Å². The monoisotopic (exact) mass is 206 g/mol. The molecule has 0 saturated carbocycles. The first kappa shape index (κ1) is 10.4. The van der Waals surface area contributed by atoms with Crippen molar-refractivity contribution >= 4 is 5.95 Å². The van der Waals surface area contributed by atoms with Crippen molar-refractivity contribution in [2.75, 3.05) is 11.4 Å². The van der Waals surface area contributed by atoms with Crippen LogP contribution in [0.25, 0.3) is 0 Å². The van der Waals surface area contributed by atoms with Crippen molar-refractivity contribution in [3.63, 3.8) is 0 Å². The molecule has 2 atom stereocenters. The molecular weight excluding hydrogens is 188 g/mol. The molecular formula is C11H18N4. The van der Waals surface area contributed by atoms with Gasteiger partial charge in [0.25, 0.3) is 0 Å². The highest BCUT2D eigenvalue weighted by molar-refractivity contribution is 5.33. The fourth-order valence-corrected chi connectivity index (χ4v) is 2.18. The molecule has 1 fully saturated rings. The molecule has 82 valence electrons. The molecule has 1 aromatic heterocycles. The Hall–Kier alpha value is -1.16. The molecule has 0 aliphatic carbocycles. The molecule has 0 aromatic carbocycles. The Morgan fingerprint density at radius 2 is 2.07 bits per heavy atom. The first-order chi connectivity index (χ1) is 7.20. The summed E-state index contributed by atoms with van der Waals surface area (Å²) >= 11 is 0. The second kappa shape index (κ2) is 4.14. The van der Waals surface area contributed by atoms with Gasteiger partial charge in [-0.3, -0.25) is 0 Å². The highest BCUT2D eigenvalue weighted by Crippen LogP contribution is 2.25. The van der Waals surface area contributed by atoms with Gasteiger partial charge in [-0.15, -0.1) is 0 Å². The normalized spacial score (nSPS) is 25.9. The molecule has 1 aromatic rings. The Balaban J connectivity index is 2.15. The second-order valence-corrected chi connectivity index (χ2v) is 4.44. The molecule has 2 unspecified atom stereocenters. The Morgan fingerprint density at radius 3 is 2.53 bits per heavy atom. The highest BCUT2D eigenvalue weighted by atomic mass is 15.3. The summed E-state index contributed by atoms with van der Waals surface area (Å²) in [7, 11) is 0. The van der Waals surface area contributed by atoms with E-state index in [1.807, 2.05) is 12.4 Å².